The van der Waals surface area contributed by atoms with Crippen molar-refractivity contribution in [2.24, 2.45) is 5.92 Å². The SMILES string of the molecule is CNCC(=O)NCCCc1ccc(C)cc1OCCNC(C(=O)N(C)CC=O)C1CC1. The number of aryl methyl sites for hydroxylation is 2. The summed E-state index contributed by atoms with van der Waals surface area (Å²) in [5.41, 5.74) is 2.23. The Hall–Kier alpha value is -2.45. The fraction of sp³-hybridized carbons (Fsp3) is 0.609. The highest BCUT2D eigenvalue weighted by atomic mass is 16.5. The van der Waals surface area contributed by atoms with E-state index in [1.54, 1.807) is 14.1 Å². The number of amides is 2. The quantitative estimate of drug-likeness (QED) is 0.278. The van der Waals surface area contributed by atoms with E-state index in [-0.39, 0.29) is 24.4 Å². The van der Waals surface area contributed by atoms with Gasteiger partial charge in [0.2, 0.25) is 11.8 Å². The van der Waals surface area contributed by atoms with E-state index >= 15 is 0 Å². The Morgan fingerprint density at radius 1 is 1.29 bits per heavy atom. The summed E-state index contributed by atoms with van der Waals surface area (Å²) in [6, 6.07) is 5.89. The normalized spacial score (nSPS) is 14.0. The summed E-state index contributed by atoms with van der Waals surface area (Å²) in [7, 11) is 3.40. The molecule has 1 atom stereocenters. The highest BCUT2D eigenvalue weighted by Gasteiger charge is 2.37. The molecule has 31 heavy (non-hydrogen) atoms. The molecule has 0 heterocycles. The Labute approximate surface area is 185 Å². The number of hydrogen-bond donors (Lipinski definition) is 3. The average Bonchev–Trinajstić information content (AvgIpc) is 3.57. The lowest BCUT2D eigenvalue weighted by atomic mass is 10.1. The first-order valence-corrected chi connectivity index (χ1v) is 11.0. The molecule has 2 amide bonds. The van der Waals surface area contributed by atoms with Crippen LogP contribution in [-0.4, -0.2) is 75.9 Å². The first kappa shape index (κ1) is 24.8. The van der Waals surface area contributed by atoms with Crippen LogP contribution < -0.4 is 20.7 Å². The molecule has 0 aromatic heterocycles. The van der Waals surface area contributed by atoms with Crippen molar-refractivity contribution in [1.29, 1.82) is 0 Å². The minimum Gasteiger partial charge on any atom is -0.492 e. The van der Waals surface area contributed by atoms with Gasteiger partial charge in [-0.2, -0.15) is 0 Å². The van der Waals surface area contributed by atoms with Gasteiger partial charge in [-0.1, -0.05) is 12.1 Å². The van der Waals surface area contributed by atoms with Gasteiger partial charge < -0.3 is 30.4 Å². The van der Waals surface area contributed by atoms with Crippen molar-refractivity contribution in [3.8, 4) is 5.75 Å². The number of likely N-dealkylation sites (N-methyl/N-ethyl adjacent to an activating group) is 2. The number of nitrogens with zero attached hydrogens (tertiary/aromatic N) is 1. The van der Waals surface area contributed by atoms with Crippen LogP contribution >= 0.6 is 0 Å². The average molecular weight is 433 g/mol. The van der Waals surface area contributed by atoms with E-state index in [1.807, 2.05) is 13.0 Å². The fourth-order valence-electron chi connectivity index (χ4n) is 3.43. The summed E-state index contributed by atoms with van der Waals surface area (Å²) in [4.78, 5) is 36.2. The van der Waals surface area contributed by atoms with Crippen LogP contribution in [0.4, 0.5) is 0 Å². The lowest BCUT2D eigenvalue weighted by molar-refractivity contribution is -0.134. The van der Waals surface area contributed by atoms with Gasteiger partial charge in [0.25, 0.3) is 0 Å². The molecule has 1 aliphatic carbocycles. The number of carbonyl (C=O) groups is 3. The third-order valence-electron chi connectivity index (χ3n) is 5.31. The molecule has 8 nitrogen and oxygen atoms in total. The maximum Gasteiger partial charge on any atom is 0.240 e. The molecule has 1 aromatic carbocycles. The Morgan fingerprint density at radius 2 is 2.06 bits per heavy atom. The molecular formula is C23H36N4O4. The summed E-state index contributed by atoms with van der Waals surface area (Å²) in [5.74, 6) is 1.14. The number of ether oxygens (including phenoxy) is 1. The number of rotatable bonds is 15. The van der Waals surface area contributed by atoms with Gasteiger partial charge in [0.15, 0.2) is 0 Å². The minimum absolute atomic E-state index is 0.00694. The molecule has 2 rings (SSSR count). The van der Waals surface area contributed by atoms with Crippen LogP contribution in [-0.2, 0) is 20.8 Å². The minimum atomic E-state index is -0.258. The molecule has 172 valence electrons. The Bertz CT molecular complexity index is 736. The first-order chi connectivity index (χ1) is 15.0. The number of nitrogens with one attached hydrogen (secondary N) is 3. The van der Waals surface area contributed by atoms with E-state index in [1.165, 1.54) is 4.90 Å². The van der Waals surface area contributed by atoms with Gasteiger partial charge >= 0.3 is 0 Å². The van der Waals surface area contributed by atoms with Crippen LogP contribution in [0.25, 0.3) is 0 Å². The Kier molecular flexibility index (Phi) is 10.5. The second-order valence-electron chi connectivity index (χ2n) is 8.10. The monoisotopic (exact) mass is 432 g/mol. The molecule has 1 fully saturated rings. The lowest BCUT2D eigenvalue weighted by Gasteiger charge is -2.23. The second-order valence-corrected chi connectivity index (χ2v) is 8.10. The Balaban J connectivity index is 1.81. The van der Waals surface area contributed by atoms with Crippen LogP contribution in [0.15, 0.2) is 18.2 Å². The van der Waals surface area contributed by atoms with Crippen molar-refractivity contribution >= 4 is 18.1 Å². The van der Waals surface area contributed by atoms with Gasteiger partial charge in [-0.05, 0) is 62.8 Å². The maximum atomic E-state index is 12.5. The second kappa shape index (κ2) is 13.1. The summed E-state index contributed by atoms with van der Waals surface area (Å²) in [6.45, 7) is 4.08. The predicted octanol–water partition coefficient (Wildman–Crippen LogP) is 0.668. The molecule has 1 aromatic rings. The van der Waals surface area contributed by atoms with Crippen molar-refractivity contribution < 1.29 is 19.1 Å². The molecule has 3 N–H and O–H groups in total. The molecule has 0 saturated heterocycles. The van der Waals surface area contributed by atoms with Crippen molar-refractivity contribution in [3.05, 3.63) is 29.3 Å². The summed E-state index contributed by atoms with van der Waals surface area (Å²) in [5, 5.41) is 9.03. The summed E-state index contributed by atoms with van der Waals surface area (Å²) in [6.07, 6.45) is 4.45. The van der Waals surface area contributed by atoms with Crippen LogP contribution in [0.5, 0.6) is 5.75 Å². The zero-order valence-electron chi connectivity index (χ0n) is 18.9. The molecule has 1 unspecified atom stereocenters. The molecular weight excluding hydrogens is 396 g/mol. The van der Waals surface area contributed by atoms with Crippen LogP contribution in [0, 0.1) is 12.8 Å². The van der Waals surface area contributed by atoms with Gasteiger partial charge in [-0.15, -0.1) is 0 Å². The number of aldehydes is 1. The van der Waals surface area contributed by atoms with E-state index in [2.05, 4.69) is 28.1 Å². The summed E-state index contributed by atoms with van der Waals surface area (Å²) < 4.78 is 6.03. The number of benzene rings is 1. The van der Waals surface area contributed by atoms with Crippen LogP contribution in [0.1, 0.15) is 30.4 Å². The zero-order chi connectivity index (χ0) is 22.6. The van der Waals surface area contributed by atoms with E-state index in [0.29, 0.717) is 32.2 Å². The zero-order valence-corrected chi connectivity index (χ0v) is 18.9. The standard InChI is InChI=1S/C23H36N4O4/c1-17-6-7-18(5-4-10-25-21(29)16-24-2)20(15-17)31-14-11-26-22(19-8-9-19)23(30)27(3)12-13-28/h6-7,13,15,19,22,24,26H,4-5,8-12,14,16H2,1-3H3,(H,25,29). The predicted molar refractivity (Wildman–Crippen MR) is 120 cm³/mol. The number of carbonyl (C=O) groups excluding carboxylic acids is 3. The van der Waals surface area contributed by atoms with Crippen molar-refractivity contribution in [2.75, 3.05) is 46.9 Å². The van der Waals surface area contributed by atoms with Crippen molar-refractivity contribution in [2.45, 2.75) is 38.6 Å². The molecule has 1 aliphatic rings. The van der Waals surface area contributed by atoms with Gasteiger partial charge in [-0.25, -0.2) is 0 Å². The Morgan fingerprint density at radius 3 is 2.74 bits per heavy atom. The first-order valence-electron chi connectivity index (χ1n) is 11.0. The topological polar surface area (TPSA) is 99.8 Å². The highest BCUT2D eigenvalue weighted by Crippen LogP contribution is 2.33. The van der Waals surface area contributed by atoms with Gasteiger partial charge in [0, 0.05) is 20.1 Å². The van der Waals surface area contributed by atoms with E-state index in [9.17, 15) is 14.4 Å². The maximum absolute atomic E-state index is 12.5. The van der Waals surface area contributed by atoms with E-state index in [0.717, 1.165) is 48.8 Å². The fourth-order valence-corrected chi connectivity index (χ4v) is 3.43. The molecule has 0 bridgehead atoms. The van der Waals surface area contributed by atoms with Gasteiger partial charge in [-0.3, -0.25) is 9.59 Å². The van der Waals surface area contributed by atoms with Crippen molar-refractivity contribution in [3.63, 3.8) is 0 Å². The molecule has 0 aliphatic heterocycles. The smallest absolute Gasteiger partial charge is 0.240 e. The number of hydrogen-bond acceptors (Lipinski definition) is 6. The molecule has 8 heteroatoms. The van der Waals surface area contributed by atoms with Crippen LogP contribution in [0.2, 0.25) is 0 Å². The third-order valence-corrected chi connectivity index (χ3v) is 5.31. The van der Waals surface area contributed by atoms with Gasteiger partial charge in [0.05, 0.1) is 19.1 Å². The van der Waals surface area contributed by atoms with E-state index < -0.39 is 0 Å². The summed E-state index contributed by atoms with van der Waals surface area (Å²) >= 11 is 0. The molecule has 0 spiro atoms. The van der Waals surface area contributed by atoms with Crippen molar-refractivity contribution in [1.82, 2.24) is 20.9 Å². The lowest BCUT2D eigenvalue weighted by Crippen LogP contribution is -2.48. The van der Waals surface area contributed by atoms with Gasteiger partial charge in [0.1, 0.15) is 18.6 Å². The highest BCUT2D eigenvalue weighted by molar-refractivity contribution is 5.84. The van der Waals surface area contributed by atoms with E-state index in [4.69, 9.17) is 4.74 Å². The van der Waals surface area contributed by atoms with Crippen LogP contribution in [0.3, 0.4) is 0 Å². The largest absolute Gasteiger partial charge is 0.492 e. The molecule has 1 saturated carbocycles. The molecule has 0 radical (unpaired) electrons. The third kappa shape index (κ3) is 8.67.